The summed E-state index contributed by atoms with van der Waals surface area (Å²) in [6.07, 6.45) is 10.7. The minimum absolute atomic E-state index is 1.10. The Balaban J connectivity index is 2.91. The maximum absolute atomic E-state index is 2.25. The second-order valence-electron chi connectivity index (χ2n) is 1.90. The van der Waals surface area contributed by atoms with Gasteiger partial charge in [-0.15, -0.1) is 0 Å². The Labute approximate surface area is 58.9 Å². The van der Waals surface area contributed by atoms with Crippen molar-refractivity contribution in [2.75, 3.05) is 0 Å². The van der Waals surface area contributed by atoms with Gasteiger partial charge in [0, 0.05) is 0 Å². The molecule has 0 rings (SSSR count). The molecule has 0 aliphatic rings. The molecule has 0 fully saturated rings. The molecular weight excluding hydrogens is 107 g/mol. The van der Waals surface area contributed by atoms with Crippen LogP contribution in [0.4, 0.5) is 0 Å². The summed E-state index contributed by atoms with van der Waals surface area (Å²) in [5, 5.41) is 0. The van der Waals surface area contributed by atoms with Crippen molar-refractivity contribution >= 4 is 7.28 Å². The molecule has 0 aromatic rings. The van der Waals surface area contributed by atoms with Gasteiger partial charge in [-0.25, -0.2) is 0 Å². The third-order valence-electron chi connectivity index (χ3n) is 1.08. The molecule has 1 radical (unpaired) electrons. The SMILES string of the molecule is CC=CC[B]CC=CC. The zero-order valence-corrected chi connectivity index (χ0v) is 6.30. The van der Waals surface area contributed by atoms with Crippen LogP contribution in [0.1, 0.15) is 13.8 Å². The van der Waals surface area contributed by atoms with Gasteiger partial charge in [0.05, 0.1) is 0 Å². The zero-order chi connectivity index (χ0) is 6.95. The highest BCUT2D eigenvalue weighted by atomic mass is 13.6. The maximum atomic E-state index is 2.25. The van der Waals surface area contributed by atoms with E-state index in [1.54, 1.807) is 0 Å². The molecule has 0 heterocycles. The molecule has 0 unspecified atom stereocenters. The summed E-state index contributed by atoms with van der Waals surface area (Å²) in [7, 11) is 2.25. The van der Waals surface area contributed by atoms with E-state index in [1.807, 2.05) is 13.8 Å². The van der Waals surface area contributed by atoms with E-state index < -0.39 is 0 Å². The van der Waals surface area contributed by atoms with Crippen LogP contribution in [0.5, 0.6) is 0 Å². The highest BCUT2D eigenvalue weighted by Gasteiger charge is 1.80. The molecule has 0 aliphatic carbocycles. The van der Waals surface area contributed by atoms with E-state index in [4.69, 9.17) is 0 Å². The molecule has 9 heavy (non-hydrogen) atoms. The van der Waals surface area contributed by atoms with Crippen LogP contribution in [0.25, 0.3) is 0 Å². The largest absolute Gasteiger partial charge is 0.119 e. The Morgan fingerprint density at radius 1 is 1.00 bits per heavy atom. The first-order chi connectivity index (χ1) is 4.41. The number of allylic oxidation sites excluding steroid dienone is 4. The zero-order valence-electron chi connectivity index (χ0n) is 6.30. The number of hydrogen-bond acceptors (Lipinski definition) is 0. The Morgan fingerprint density at radius 2 is 1.44 bits per heavy atom. The first-order valence-corrected chi connectivity index (χ1v) is 3.45. The van der Waals surface area contributed by atoms with Crippen LogP contribution >= 0.6 is 0 Å². The van der Waals surface area contributed by atoms with Crippen LogP contribution in [0.15, 0.2) is 24.3 Å². The molecule has 0 saturated carbocycles. The predicted octanol–water partition coefficient (Wildman–Crippen LogP) is 2.68. The monoisotopic (exact) mass is 121 g/mol. The van der Waals surface area contributed by atoms with Gasteiger partial charge in [0.1, 0.15) is 7.28 Å². The van der Waals surface area contributed by atoms with E-state index in [9.17, 15) is 0 Å². The van der Waals surface area contributed by atoms with Crippen molar-refractivity contribution in [3.8, 4) is 0 Å². The maximum Gasteiger partial charge on any atom is 0.119 e. The second-order valence-corrected chi connectivity index (χ2v) is 1.90. The Morgan fingerprint density at radius 3 is 1.78 bits per heavy atom. The fourth-order valence-corrected chi connectivity index (χ4v) is 0.561. The minimum Gasteiger partial charge on any atom is -0.0966 e. The first-order valence-electron chi connectivity index (χ1n) is 3.45. The lowest BCUT2D eigenvalue weighted by Crippen LogP contribution is -1.81. The topological polar surface area (TPSA) is 0 Å². The van der Waals surface area contributed by atoms with Crippen molar-refractivity contribution in [3.05, 3.63) is 24.3 Å². The van der Waals surface area contributed by atoms with Crippen molar-refractivity contribution in [2.24, 2.45) is 0 Å². The molecule has 0 N–H and O–H groups in total. The van der Waals surface area contributed by atoms with E-state index in [0.717, 1.165) is 12.6 Å². The van der Waals surface area contributed by atoms with Crippen LogP contribution in [-0.2, 0) is 0 Å². The van der Waals surface area contributed by atoms with Crippen molar-refractivity contribution in [2.45, 2.75) is 26.5 Å². The molecular formula is C8H14B. The molecule has 0 amide bonds. The van der Waals surface area contributed by atoms with Crippen molar-refractivity contribution < 1.29 is 0 Å². The average Bonchev–Trinajstić information content (AvgIpc) is 1.89. The van der Waals surface area contributed by atoms with Gasteiger partial charge in [0.15, 0.2) is 0 Å². The molecule has 1 heteroatoms. The third-order valence-corrected chi connectivity index (χ3v) is 1.08. The lowest BCUT2D eigenvalue weighted by Gasteiger charge is -1.84. The van der Waals surface area contributed by atoms with Gasteiger partial charge in [-0.05, 0) is 13.8 Å². The van der Waals surface area contributed by atoms with E-state index in [2.05, 4.69) is 31.6 Å². The molecule has 0 aromatic heterocycles. The van der Waals surface area contributed by atoms with E-state index in [-0.39, 0.29) is 0 Å². The smallest absolute Gasteiger partial charge is 0.0966 e. The molecule has 0 bridgehead atoms. The van der Waals surface area contributed by atoms with Gasteiger partial charge in [-0.1, -0.05) is 36.9 Å². The quantitative estimate of drug-likeness (QED) is 0.304. The summed E-state index contributed by atoms with van der Waals surface area (Å²) in [5.41, 5.74) is 0. The molecule has 0 nitrogen and oxygen atoms in total. The van der Waals surface area contributed by atoms with Gasteiger partial charge in [0.2, 0.25) is 0 Å². The lowest BCUT2D eigenvalue weighted by molar-refractivity contribution is 1.53. The van der Waals surface area contributed by atoms with Crippen LogP contribution in [0.2, 0.25) is 12.6 Å². The minimum atomic E-state index is 1.10. The van der Waals surface area contributed by atoms with E-state index in [1.165, 1.54) is 0 Å². The predicted molar refractivity (Wildman–Crippen MR) is 45.0 cm³/mol. The Kier molecular flexibility index (Phi) is 7.16. The second kappa shape index (κ2) is 7.54. The van der Waals surface area contributed by atoms with Gasteiger partial charge in [-0.3, -0.25) is 0 Å². The summed E-state index contributed by atoms with van der Waals surface area (Å²) >= 11 is 0. The average molecular weight is 121 g/mol. The number of rotatable bonds is 4. The third kappa shape index (κ3) is 7.54. The van der Waals surface area contributed by atoms with Gasteiger partial charge >= 0.3 is 0 Å². The van der Waals surface area contributed by atoms with E-state index >= 15 is 0 Å². The number of hydrogen-bond donors (Lipinski definition) is 0. The summed E-state index contributed by atoms with van der Waals surface area (Å²) < 4.78 is 0. The summed E-state index contributed by atoms with van der Waals surface area (Å²) in [6.45, 7) is 4.09. The normalized spacial score (nSPS) is 11.3. The fraction of sp³-hybridized carbons (Fsp3) is 0.500. The summed E-state index contributed by atoms with van der Waals surface area (Å²) in [6, 6.07) is 0. The molecule has 0 aliphatic heterocycles. The van der Waals surface area contributed by atoms with Crippen LogP contribution < -0.4 is 0 Å². The van der Waals surface area contributed by atoms with Gasteiger partial charge in [0.25, 0.3) is 0 Å². The van der Waals surface area contributed by atoms with Crippen LogP contribution in [0, 0.1) is 0 Å². The molecule has 49 valence electrons. The van der Waals surface area contributed by atoms with Crippen LogP contribution in [-0.4, -0.2) is 7.28 Å². The van der Waals surface area contributed by atoms with E-state index in [0.29, 0.717) is 0 Å². The lowest BCUT2D eigenvalue weighted by atomic mass is 9.71. The summed E-state index contributed by atoms with van der Waals surface area (Å²) in [5.74, 6) is 0. The Bertz CT molecular complexity index is 80.7. The van der Waals surface area contributed by atoms with Crippen LogP contribution in [0.3, 0.4) is 0 Å². The summed E-state index contributed by atoms with van der Waals surface area (Å²) in [4.78, 5) is 0. The Hall–Kier alpha value is -0.455. The molecule has 0 aromatic carbocycles. The van der Waals surface area contributed by atoms with Gasteiger partial charge < -0.3 is 0 Å². The van der Waals surface area contributed by atoms with Crippen molar-refractivity contribution in [1.29, 1.82) is 0 Å². The molecule has 0 atom stereocenters. The van der Waals surface area contributed by atoms with Gasteiger partial charge in [-0.2, -0.15) is 0 Å². The standard InChI is InChI=1S/C8H14B/c1-3-5-7-9-8-6-4-2/h3-6H,7-8H2,1-2H3. The van der Waals surface area contributed by atoms with Crippen molar-refractivity contribution in [3.63, 3.8) is 0 Å². The highest BCUT2D eigenvalue weighted by molar-refractivity contribution is 6.36. The fourth-order valence-electron chi connectivity index (χ4n) is 0.561. The van der Waals surface area contributed by atoms with Crippen molar-refractivity contribution in [1.82, 2.24) is 0 Å². The highest BCUT2D eigenvalue weighted by Crippen LogP contribution is 1.88. The molecule has 0 spiro atoms. The molecule has 0 saturated heterocycles. The first kappa shape index (κ1) is 8.54.